The zero-order valence-electron chi connectivity index (χ0n) is 20.8. The third kappa shape index (κ3) is 7.63. The molecule has 0 saturated carbocycles. The average molecular weight is 499 g/mol. The van der Waals surface area contributed by atoms with Gasteiger partial charge in [0.2, 0.25) is 5.89 Å². The maximum atomic E-state index is 10.9. The average Bonchev–Trinajstić information content (AvgIpc) is 3.29. The monoisotopic (exact) mass is 498 g/mol. The number of aryl methyl sites for hydroxylation is 1. The molecular weight excluding hydrogens is 468 g/mol. The van der Waals surface area contributed by atoms with Gasteiger partial charge < -0.3 is 25.4 Å². The summed E-state index contributed by atoms with van der Waals surface area (Å²) in [7, 11) is 0. The third-order valence-electron chi connectivity index (χ3n) is 5.59. The van der Waals surface area contributed by atoms with Crippen LogP contribution in [-0.4, -0.2) is 34.1 Å². The van der Waals surface area contributed by atoms with Gasteiger partial charge in [-0.2, -0.15) is 0 Å². The number of carboxylic acids is 1. The molecule has 3 aromatic carbocycles. The minimum atomic E-state index is -1.41. The van der Waals surface area contributed by atoms with Crippen LogP contribution in [0.1, 0.15) is 29.9 Å². The second-order valence-corrected chi connectivity index (χ2v) is 8.29. The van der Waals surface area contributed by atoms with E-state index in [1.54, 1.807) is 31.2 Å². The van der Waals surface area contributed by atoms with E-state index in [0.29, 0.717) is 30.2 Å². The van der Waals surface area contributed by atoms with Crippen LogP contribution in [0.5, 0.6) is 5.75 Å². The zero-order valence-corrected chi connectivity index (χ0v) is 20.8. The van der Waals surface area contributed by atoms with E-state index >= 15 is 0 Å². The third-order valence-corrected chi connectivity index (χ3v) is 5.59. The van der Waals surface area contributed by atoms with Gasteiger partial charge in [0.1, 0.15) is 11.5 Å². The minimum absolute atomic E-state index is 0.244. The van der Waals surface area contributed by atoms with Crippen molar-refractivity contribution in [3.8, 4) is 17.2 Å². The van der Waals surface area contributed by atoms with Gasteiger partial charge in [-0.25, -0.2) is 9.78 Å². The first-order valence-corrected chi connectivity index (χ1v) is 11.7. The lowest BCUT2D eigenvalue weighted by atomic mass is 9.93. The Balaban J connectivity index is 0.000000468. The summed E-state index contributed by atoms with van der Waals surface area (Å²) in [4.78, 5) is 15.5. The maximum absolute atomic E-state index is 10.9. The van der Waals surface area contributed by atoms with Crippen LogP contribution in [0.15, 0.2) is 89.3 Å². The Bertz CT molecular complexity index is 1350. The molecule has 0 aliphatic carbocycles. The molecule has 0 fully saturated rings. The van der Waals surface area contributed by atoms with E-state index in [4.69, 9.17) is 30.8 Å². The largest absolute Gasteiger partial charge is 0.493 e. The first-order valence-electron chi connectivity index (χ1n) is 11.7. The van der Waals surface area contributed by atoms with E-state index in [1.807, 2.05) is 67.6 Å². The van der Waals surface area contributed by atoms with Crippen molar-refractivity contribution < 1.29 is 19.1 Å². The lowest BCUT2D eigenvalue weighted by Crippen LogP contribution is -2.26. The fraction of sp³-hybridized carbons (Fsp3) is 0.172. The van der Waals surface area contributed by atoms with Gasteiger partial charge in [-0.3, -0.25) is 5.41 Å². The number of aromatic nitrogens is 1. The number of rotatable bonds is 9. The van der Waals surface area contributed by atoms with Crippen LogP contribution in [0.25, 0.3) is 11.5 Å². The molecule has 190 valence electrons. The SMILES string of the molecule is Cc1oc(-c2ccccc2)nc1CCOc1cccc(C(C)C(=N)C(=N)C(=O)O)c1.Nc1ccccc1. The van der Waals surface area contributed by atoms with Crippen molar-refractivity contribution in [3.05, 3.63) is 102 Å². The first-order chi connectivity index (χ1) is 17.8. The topological polar surface area (TPSA) is 146 Å². The van der Waals surface area contributed by atoms with Gasteiger partial charge in [-0.05, 0) is 48.9 Å². The number of benzene rings is 3. The predicted octanol–water partition coefficient (Wildman–Crippen LogP) is 5.77. The number of oxazole rings is 1. The maximum Gasteiger partial charge on any atom is 0.355 e. The molecule has 8 nitrogen and oxygen atoms in total. The van der Waals surface area contributed by atoms with Crippen LogP contribution in [0, 0.1) is 17.7 Å². The smallest absolute Gasteiger partial charge is 0.355 e. The fourth-order valence-corrected chi connectivity index (χ4v) is 3.45. The van der Waals surface area contributed by atoms with E-state index in [9.17, 15) is 4.79 Å². The summed E-state index contributed by atoms with van der Waals surface area (Å²) < 4.78 is 11.6. The molecule has 1 unspecified atom stereocenters. The van der Waals surface area contributed by atoms with Crippen molar-refractivity contribution in [2.24, 2.45) is 0 Å². The molecule has 0 aliphatic heterocycles. The molecule has 4 aromatic rings. The van der Waals surface area contributed by atoms with Gasteiger partial charge in [-0.15, -0.1) is 0 Å². The van der Waals surface area contributed by atoms with E-state index < -0.39 is 17.6 Å². The minimum Gasteiger partial charge on any atom is -0.493 e. The molecule has 1 aromatic heterocycles. The Morgan fingerprint density at radius 1 is 1.03 bits per heavy atom. The van der Waals surface area contributed by atoms with Gasteiger partial charge in [-0.1, -0.05) is 55.5 Å². The summed E-state index contributed by atoms with van der Waals surface area (Å²) in [5.74, 6) is 0.0117. The summed E-state index contributed by atoms with van der Waals surface area (Å²) in [6.45, 7) is 3.96. The predicted molar refractivity (Wildman–Crippen MR) is 145 cm³/mol. The van der Waals surface area contributed by atoms with E-state index in [2.05, 4.69) is 4.98 Å². The molecule has 1 atom stereocenters. The Kier molecular flexibility index (Phi) is 9.32. The summed E-state index contributed by atoms with van der Waals surface area (Å²) in [6, 6.07) is 26.3. The number of carbonyl (C=O) groups is 1. The van der Waals surface area contributed by atoms with Crippen LogP contribution in [0.3, 0.4) is 0 Å². The highest BCUT2D eigenvalue weighted by Crippen LogP contribution is 2.24. The first kappa shape index (κ1) is 26.9. The molecule has 0 radical (unpaired) electrons. The van der Waals surface area contributed by atoms with Crippen molar-refractivity contribution in [1.29, 1.82) is 10.8 Å². The molecule has 37 heavy (non-hydrogen) atoms. The van der Waals surface area contributed by atoms with Crippen LogP contribution in [-0.2, 0) is 11.2 Å². The zero-order chi connectivity index (χ0) is 26.8. The second kappa shape index (κ2) is 12.8. The summed E-state index contributed by atoms with van der Waals surface area (Å²) >= 11 is 0. The van der Waals surface area contributed by atoms with Crippen LogP contribution < -0.4 is 10.5 Å². The quantitative estimate of drug-likeness (QED) is 0.170. The Hall–Kier alpha value is -4.72. The lowest BCUT2D eigenvalue weighted by Gasteiger charge is -2.14. The number of nitrogens with two attached hydrogens (primary N) is 1. The number of carboxylic acid groups (broad SMARTS) is 1. The van der Waals surface area contributed by atoms with Gasteiger partial charge in [0, 0.05) is 23.6 Å². The van der Waals surface area contributed by atoms with E-state index in [1.165, 1.54) is 0 Å². The number of nitrogens with zero attached hydrogens (tertiary/aromatic N) is 1. The number of anilines is 1. The van der Waals surface area contributed by atoms with Gasteiger partial charge in [0.15, 0.2) is 5.71 Å². The molecular formula is C29H30N4O4. The normalized spacial score (nSPS) is 11.1. The summed E-state index contributed by atoms with van der Waals surface area (Å²) in [5.41, 5.74) is 7.70. The number of aliphatic carboxylic acids is 1. The van der Waals surface area contributed by atoms with Crippen molar-refractivity contribution in [2.75, 3.05) is 12.3 Å². The summed E-state index contributed by atoms with van der Waals surface area (Å²) in [5, 5.41) is 24.3. The van der Waals surface area contributed by atoms with Crippen molar-refractivity contribution >= 4 is 23.1 Å². The summed E-state index contributed by atoms with van der Waals surface area (Å²) in [6.07, 6.45) is 0.571. The number of para-hydroxylation sites is 1. The molecule has 4 rings (SSSR count). The van der Waals surface area contributed by atoms with Crippen molar-refractivity contribution in [3.63, 3.8) is 0 Å². The standard InChI is InChI=1S/C23H23N3O4.C6H7N/c1-14(20(24)21(25)23(27)28)17-9-6-10-18(13-17)29-12-11-19-15(2)30-22(26-19)16-7-4-3-5-8-16;7-6-4-2-1-3-5-6/h3-10,13-14,24-25H,11-12H2,1-2H3,(H,27,28);1-5H,7H2. The molecule has 0 saturated heterocycles. The second-order valence-electron chi connectivity index (χ2n) is 8.29. The number of hydrogen-bond donors (Lipinski definition) is 4. The fourth-order valence-electron chi connectivity index (χ4n) is 3.45. The van der Waals surface area contributed by atoms with E-state index in [-0.39, 0.29) is 5.71 Å². The molecule has 0 amide bonds. The molecule has 0 bridgehead atoms. The van der Waals surface area contributed by atoms with Gasteiger partial charge in [0.05, 0.1) is 18.0 Å². The van der Waals surface area contributed by atoms with E-state index in [0.717, 1.165) is 22.7 Å². The highest BCUT2D eigenvalue weighted by Gasteiger charge is 2.21. The number of hydrogen-bond acceptors (Lipinski definition) is 7. The Morgan fingerprint density at radius 3 is 2.27 bits per heavy atom. The van der Waals surface area contributed by atoms with Crippen molar-refractivity contribution in [2.45, 2.75) is 26.2 Å². The number of nitrogen functional groups attached to an aromatic ring is 1. The molecule has 0 spiro atoms. The molecule has 5 N–H and O–H groups in total. The number of nitrogens with one attached hydrogen (secondary N) is 2. The van der Waals surface area contributed by atoms with Crippen molar-refractivity contribution in [1.82, 2.24) is 4.98 Å². The molecule has 1 heterocycles. The van der Waals surface area contributed by atoms with Crippen LogP contribution in [0.4, 0.5) is 5.69 Å². The highest BCUT2D eigenvalue weighted by molar-refractivity contribution is 6.64. The van der Waals surface area contributed by atoms with Crippen LogP contribution in [0.2, 0.25) is 0 Å². The Morgan fingerprint density at radius 2 is 1.68 bits per heavy atom. The highest BCUT2D eigenvalue weighted by atomic mass is 16.5. The van der Waals surface area contributed by atoms with Crippen LogP contribution >= 0.6 is 0 Å². The lowest BCUT2D eigenvalue weighted by molar-refractivity contribution is -0.129. The van der Waals surface area contributed by atoms with Gasteiger partial charge in [0.25, 0.3) is 0 Å². The number of ether oxygens (including phenoxy) is 1. The van der Waals surface area contributed by atoms with Gasteiger partial charge >= 0.3 is 5.97 Å². The Labute approximate surface area is 215 Å². The molecule has 0 aliphatic rings. The molecule has 8 heteroatoms.